The topological polar surface area (TPSA) is 103 Å². The molecule has 1 radical (unpaired) electrons. The van der Waals surface area contributed by atoms with Crippen molar-refractivity contribution in [3.63, 3.8) is 0 Å². The average molecular weight is 324 g/mol. The number of hydrogen-bond donors (Lipinski definition) is 2. The first kappa shape index (κ1) is 17.5. The summed E-state index contributed by atoms with van der Waals surface area (Å²) in [6.07, 6.45) is 0.572. The second kappa shape index (κ2) is 8.71. The van der Waals surface area contributed by atoms with Gasteiger partial charge in [-0.3, -0.25) is 14.5 Å². The van der Waals surface area contributed by atoms with Gasteiger partial charge in [-0.15, -0.1) is 0 Å². The summed E-state index contributed by atoms with van der Waals surface area (Å²) in [5, 5.41) is 22.2. The SMILES string of the molecule is O=C1CCC(=O)N1c1ccc(N=Nc2ccccc2)cc1.O[B]O. The summed E-state index contributed by atoms with van der Waals surface area (Å²) in [7, 11) is 0. The second-order valence-corrected chi connectivity index (χ2v) is 4.79. The van der Waals surface area contributed by atoms with E-state index >= 15 is 0 Å². The van der Waals surface area contributed by atoms with Crippen molar-refractivity contribution in [1.29, 1.82) is 0 Å². The fraction of sp³-hybridized carbons (Fsp3) is 0.125. The number of amides is 2. The summed E-state index contributed by atoms with van der Waals surface area (Å²) in [6, 6.07) is 16.3. The molecule has 121 valence electrons. The molecule has 0 atom stereocenters. The van der Waals surface area contributed by atoms with Crippen LogP contribution in [0.4, 0.5) is 17.1 Å². The maximum atomic E-state index is 11.6. The van der Waals surface area contributed by atoms with Gasteiger partial charge in [-0.2, -0.15) is 10.2 Å². The molecule has 8 heteroatoms. The summed E-state index contributed by atoms with van der Waals surface area (Å²) >= 11 is 0. The molecule has 7 nitrogen and oxygen atoms in total. The third-order valence-corrected chi connectivity index (χ3v) is 3.20. The van der Waals surface area contributed by atoms with Gasteiger partial charge >= 0.3 is 7.69 Å². The summed E-state index contributed by atoms with van der Waals surface area (Å²) < 4.78 is 0. The third kappa shape index (κ3) is 4.58. The van der Waals surface area contributed by atoms with Crippen LogP contribution < -0.4 is 4.90 Å². The van der Waals surface area contributed by atoms with Gasteiger partial charge in [0.15, 0.2) is 0 Å². The smallest absolute Gasteiger partial charge is 0.429 e. The predicted molar refractivity (Wildman–Crippen MR) is 89.0 cm³/mol. The Kier molecular flexibility index (Phi) is 6.36. The molecule has 2 aromatic rings. The Balaban J connectivity index is 0.000000647. The first-order valence-electron chi connectivity index (χ1n) is 7.18. The van der Waals surface area contributed by atoms with E-state index in [1.165, 1.54) is 4.90 Å². The molecule has 0 spiro atoms. The minimum atomic E-state index is -0.154. The van der Waals surface area contributed by atoms with Crippen LogP contribution >= 0.6 is 0 Å². The molecule has 1 aliphatic rings. The quantitative estimate of drug-likeness (QED) is 0.513. The molecule has 1 aliphatic heterocycles. The van der Waals surface area contributed by atoms with Crippen LogP contribution in [0.25, 0.3) is 0 Å². The Morgan fingerprint density at radius 2 is 1.25 bits per heavy atom. The van der Waals surface area contributed by atoms with Gasteiger partial charge in [0.1, 0.15) is 0 Å². The molecule has 2 aromatic carbocycles. The minimum absolute atomic E-state index is 0. The number of nitrogens with zero attached hydrogens (tertiary/aromatic N) is 3. The molecular weight excluding hydrogens is 309 g/mol. The van der Waals surface area contributed by atoms with E-state index in [1.807, 2.05) is 30.3 Å². The molecule has 0 bridgehead atoms. The van der Waals surface area contributed by atoms with Gasteiger partial charge in [-0.25, -0.2) is 0 Å². The molecule has 24 heavy (non-hydrogen) atoms. The highest BCUT2D eigenvalue weighted by molar-refractivity contribution is 6.19. The molecule has 1 heterocycles. The largest absolute Gasteiger partial charge is 0.482 e. The number of azo groups is 1. The van der Waals surface area contributed by atoms with Crippen LogP contribution in [0.3, 0.4) is 0 Å². The lowest BCUT2D eigenvalue weighted by atomic mass is 10.2. The Morgan fingerprint density at radius 3 is 1.75 bits per heavy atom. The fourth-order valence-corrected chi connectivity index (χ4v) is 2.14. The standard InChI is InChI=1S/C16H13N3O2.BH2O2/c20-15-10-11-16(21)19(15)14-8-6-13(7-9-14)18-17-12-4-2-1-3-5-12;2-1-3/h1-9H,10-11H2;2-3H. The maximum Gasteiger partial charge on any atom is 0.482 e. The highest BCUT2D eigenvalue weighted by Gasteiger charge is 2.29. The van der Waals surface area contributed by atoms with Crippen molar-refractivity contribution in [2.24, 2.45) is 10.2 Å². The van der Waals surface area contributed by atoms with E-state index in [2.05, 4.69) is 10.2 Å². The van der Waals surface area contributed by atoms with Crippen LogP contribution in [0.1, 0.15) is 12.8 Å². The molecule has 2 amide bonds. The van der Waals surface area contributed by atoms with Crippen molar-refractivity contribution < 1.29 is 19.6 Å². The van der Waals surface area contributed by atoms with Crippen LogP contribution in [-0.2, 0) is 9.59 Å². The first-order chi connectivity index (χ1) is 11.7. The number of carbonyl (C=O) groups excluding carboxylic acids is 2. The van der Waals surface area contributed by atoms with E-state index < -0.39 is 0 Å². The summed E-state index contributed by atoms with van der Waals surface area (Å²) in [5.41, 5.74) is 2.02. The van der Waals surface area contributed by atoms with Crippen LogP contribution in [0.2, 0.25) is 0 Å². The van der Waals surface area contributed by atoms with E-state index in [4.69, 9.17) is 10.0 Å². The normalized spacial score (nSPS) is 13.8. The van der Waals surface area contributed by atoms with E-state index in [1.54, 1.807) is 24.3 Å². The zero-order chi connectivity index (χ0) is 17.4. The molecule has 0 saturated carbocycles. The van der Waals surface area contributed by atoms with Crippen molar-refractivity contribution in [3.05, 3.63) is 54.6 Å². The summed E-state index contributed by atoms with van der Waals surface area (Å²) in [4.78, 5) is 24.5. The lowest BCUT2D eigenvalue weighted by Gasteiger charge is -2.13. The molecule has 0 unspecified atom stereocenters. The maximum absolute atomic E-state index is 11.6. The number of rotatable bonds is 3. The van der Waals surface area contributed by atoms with Gasteiger partial charge < -0.3 is 10.0 Å². The molecule has 3 rings (SSSR count). The number of carbonyl (C=O) groups is 2. The van der Waals surface area contributed by atoms with E-state index in [9.17, 15) is 9.59 Å². The number of anilines is 1. The van der Waals surface area contributed by atoms with Crippen LogP contribution in [-0.4, -0.2) is 29.5 Å². The monoisotopic (exact) mass is 324 g/mol. The lowest BCUT2D eigenvalue weighted by molar-refractivity contribution is -0.121. The molecule has 2 N–H and O–H groups in total. The molecule has 0 aliphatic carbocycles. The molecule has 0 aromatic heterocycles. The van der Waals surface area contributed by atoms with Gasteiger partial charge in [0.25, 0.3) is 0 Å². The Morgan fingerprint density at radius 1 is 0.792 bits per heavy atom. The number of hydrogen-bond acceptors (Lipinski definition) is 6. The molecular formula is C16H15BN3O4. The Hall–Kier alpha value is -2.84. The third-order valence-electron chi connectivity index (χ3n) is 3.20. The first-order valence-corrected chi connectivity index (χ1v) is 7.18. The Labute approximate surface area is 139 Å². The highest BCUT2D eigenvalue weighted by Crippen LogP contribution is 2.25. The fourth-order valence-electron chi connectivity index (χ4n) is 2.14. The van der Waals surface area contributed by atoms with Crippen molar-refractivity contribution in [2.45, 2.75) is 12.8 Å². The lowest BCUT2D eigenvalue weighted by Crippen LogP contribution is -2.28. The van der Waals surface area contributed by atoms with Gasteiger partial charge in [0.2, 0.25) is 11.8 Å². The minimum Gasteiger partial charge on any atom is -0.429 e. The van der Waals surface area contributed by atoms with E-state index in [0.29, 0.717) is 11.4 Å². The number of imide groups is 1. The highest BCUT2D eigenvalue weighted by atomic mass is 16.4. The Bertz CT molecular complexity index is 704. The van der Waals surface area contributed by atoms with Gasteiger partial charge in [0, 0.05) is 12.8 Å². The zero-order valence-electron chi connectivity index (χ0n) is 12.7. The van der Waals surface area contributed by atoms with Crippen molar-refractivity contribution in [2.75, 3.05) is 4.90 Å². The molecule has 1 saturated heterocycles. The predicted octanol–water partition coefficient (Wildman–Crippen LogP) is 2.26. The van der Waals surface area contributed by atoms with Crippen LogP contribution in [0, 0.1) is 0 Å². The summed E-state index contributed by atoms with van der Waals surface area (Å²) in [6.45, 7) is 0. The van der Waals surface area contributed by atoms with E-state index in [-0.39, 0.29) is 32.3 Å². The van der Waals surface area contributed by atoms with E-state index in [0.717, 1.165) is 5.69 Å². The van der Waals surface area contributed by atoms with Crippen LogP contribution in [0.15, 0.2) is 64.8 Å². The van der Waals surface area contributed by atoms with Crippen LogP contribution in [0.5, 0.6) is 0 Å². The summed E-state index contributed by atoms with van der Waals surface area (Å²) in [5.74, 6) is -0.308. The van der Waals surface area contributed by atoms with Crippen molar-refractivity contribution >= 4 is 36.6 Å². The van der Waals surface area contributed by atoms with Gasteiger partial charge in [0.05, 0.1) is 17.1 Å². The zero-order valence-corrected chi connectivity index (χ0v) is 12.7. The van der Waals surface area contributed by atoms with Gasteiger partial charge in [-0.1, -0.05) is 18.2 Å². The van der Waals surface area contributed by atoms with Crippen molar-refractivity contribution in [3.8, 4) is 0 Å². The van der Waals surface area contributed by atoms with Gasteiger partial charge in [-0.05, 0) is 36.4 Å². The second-order valence-electron chi connectivity index (χ2n) is 4.79. The average Bonchev–Trinajstić information content (AvgIpc) is 2.94. The molecule has 1 fully saturated rings. The van der Waals surface area contributed by atoms with Crippen molar-refractivity contribution in [1.82, 2.24) is 0 Å². The number of benzene rings is 2.